The molecule has 0 saturated heterocycles. The van der Waals surface area contributed by atoms with Crippen LogP contribution in [-0.2, 0) is 10.0 Å². The lowest BCUT2D eigenvalue weighted by Gasteiger charge is -2.03. The van der Waals surface area contributed by atoms with Gasteiger partial charge in [-0.05, 0) is 6.92 Å². The highest BCUT2D eigenvalue weighted by Gasteiger charge is 2.24. The number of alkyl halides is 2. The minimum atomic E-state index is -4.19. The van der Waals surface area contributed by atoms with E-state index in [9.17, 15) is 22.0 Å². The van der Waals surface area contributed by atoms with Gasteiger partial charge in [0.05, 0.1) is 6.54 Å². The average Bonchev–Trinajstić information content (AvgIpc) is 2.58. The van der Waals surface area contributed by atoms with Crippen molar-refractivity contribution >= 4 is 16.0 Å². The van der Waals surface area contributed by atoms with E-state index < -0.39 is 39.6 Å². The zero-order valence-electron chi connectivity index (χ0n) is 8.61. The summed E-state index contributed by atoms with van der Waals surface area (Å²) in [5.74, 6) is -2.19. The maximum atomic E-state index is 11.9. The molecule has 1 aromatic rings. The van der Waals surface area contributed by atoms with Gasteiger partial charge < -0.3 is 9.52 Å². The molecule has 2 N–H and O–H groups in total. The third kappa shape index (κ3) is 3.24. The van der Waals surface area contributed by atoms with Crippen LogP contribution in [0.1, 0.15) is 16.3 Å². The van der Waals surface area contributed by atoms with E-state index in [1.807, 2.05) is 0 Å². The number of hydrogen-bond acceptors (Lipinski definition) is 4. The number of aromatic carboxylic acids is 1. The van der Waals surface area contributed by atoms with Crippen molar-refractivity contribution in [2.45, 2.75) is 18.2 Å². The van der Waals surface area contributed by atoms with Crippen LogP contribution in [-0.4, -0.2) is 32.5 Å². The van der Waals surface area contributed by atoms with Crippen LogP contribution < -0.4 is 4.72 Å². The van der Waals surface area contributed by atoms with Crippen LogP contribution in [0.5, 0.6) is 0 Å². The first-order valence-electron chi connectivity index (χ1n) is 4.35. The lowest BCUT2D eigenvalue weighted by molar-refractivity contribution is 0.0661. The molecule has 0 spiro atoms. The van der Waals surface area contributed by atoms with Crippen LogP contribution in [0, 0.1) is 6.92 Å². The maximum absolute atomic E-state index is 11.9. The number of carboxylic acid groups (broad SMARTS) is 1. The number of rotatable bonds is 5. The lowest BCUT2D eigenvalue weighted by atomic mass is 10.4. The Morgan fingerprint density at radius 2 is 2.18 bits per heavy atom. The van der Waals surface area contributed by atoms with Crippen molar-refractivity contribution in [1.82, 2.24) is 4.72 Å². The van der Waals surface area contributed by atoms with E-state index in [0.29, 0.717) is 0 Å². The fourth-order valence-corrected chi connectivity index (χ4v) is 2.27. The van der Waals surface area contributed by atoms with Crippen molar-refractivity contribution in [2.75, 3.05) is 6.54 Å². The molecule has 0 amide bonds. The van der Waals surface area contributed by atoms with Gasteiger partial charge in [-0.3, -0.25) is 0 Å². The largest absolute Gasteiger partial charge is 0.475 e. The van der Waals surface area contributed by atoms with E-state index in [1.165, 1.54) is 6.92 Å². The quantitative estimate of drug-likeness (QED) is 0.825. The molecule has 6 nitrogen and oxygen atoms in total. The summed E-state index contributed by atoms with van der Waals surface area (Å²) in [7, 11) is -4.19. The van der Waals surface area contributed by atoms with Gasteiger partial charge in [0.1, 0.15) is 10.7 Å². The summed E-state index contributed by atoms with van der Waals surface area (Å²) in [6, 6.07) is 0.769. The molecule has 1 heterocycles. The zero-order valence-corrected chi connectivity index (χ0v) is 9.42. The molecule has 0 aliphatic heterocycles. The molecule has 0 fully saturated rings. The molecule has 0 saturated carbocycles. The molecule has 0 bridgehead atoms. The van der Waals surface area contributed by atoms with Crippen LogP contribution in [0.3, 0.4) is 0 Å². The fourth-order valence-electron chi connectivity index (χ4n) is 1.09. The van der Waals surface area contributed by atoms with Gasteiger partial charge in [-0.1, -0.05) is 0 Å². The summed E-state index contributed by atoms with van der Waals surface area (Å²) < 4.78 is 53.0. The minimum Gasteiger partial charge on any atom is -0.475 e. The van der Waals surface area contributed by atoms with Gasteiger partial charge in [-0.15, -0.1) is 0 Å². The van der Waals surface area contributed by atoms with Gasteiger partial charge in [0.15, 0.2) is 0 Å². The van der Waals surface area contributed by atoms with Crippen LogP contribution in [0.25, 0.3) is 0 Å². The number of hydrogen-bond donors (Lipinski definition) is 2. The first kappa shape index (κ1) is 13.6. The molecular formula is C8H9F2NO5S. The Kier molecular flexibility index (Phi) is 3.83. The highest BCUT2D eigenvalue weighted by Crippen LogP contribution is 2.19. The molecule has 0 atom stereocenters. The molecule has 9 heteroatoms. The van der Waals surface area contributed by atoms with E-state index in [2.05, 4.69) is 4.42 Å². The van der Waals surface area contributed by atoms with Crippen LogP contribution >= 0.6 is 0 Å². The van der Waals surface area contributed by atoms with E-state index in [1.54, 1.807) is 4.72 Å². The van der Waals surface area contributed by atoms with Gasteiger partial charge in [0, 0.05) is 6.07 Å². The molecule has 96 valence electrons. The Labute approximate surface area is 95.3 Å². The first-order valence-corrected chi connectivity index (χ1v) is 5.84. The third-order valence-electron chi connectivity index (χ3n) is 1.80. The molecule has 1 aromatic heterocycles. The van der Waals surface area contributed by atoms with Crippen molar-refractivity contribution in [2.24, 2.45) is 0 Å². The number of halogens is 2. The zero-order chi connectivity index (χ0) is 13.2. The Bertz CT molecular complexity index is 522. The fraction of sp³-hybridized carbons (Fsp3) is 0.375. The molecular weight excluding hydrogens is 260 g/mol. The van der Waals surface area contributed by atoms with Crippen LogP contribution in [0.2, 0.25) is 0 Å². The van der Waals surface area contributed by atoms with Gasteiger partial charge in [0.25, 0.3) is 6.43 Å². The Morgan fingerprint density at radius 1 is 1.59 bits per heavy atom. The summed E-state index contributed by atoms with van der Waals surface area (Å²) in [5, 5.41) is 8.58. The van der Waals surface area contributed by atoms with Crippen LogP contribution in [0.15, 0.2) is 15.4 Å². The van der Waals surface area contributed by atoms with E-state index in [-0.39, 0.29) is 5.76 Å². The average molecular weight is 269 g/mol. The Morgan fingerprint density at radius 3 is 2.59 bits per heavy atom. The maximum Gasteiger partial charge on any atom is 0.371 e. The number of nitrogens with one attached hydrogen (secondary N) is 1. The molecule has 0 unspecified atom stereocenters. The van der Waals surface area contributed by atoms with Gasteiger partial charge in [-0.25, -0.2) is 26.7 Å². The van der Waals surface area contributed by atoms with Crippen molar-refractivity contribution in [3.05, 3.63) is 17.6 Å². The number of carbonyl (C=O) groups is 1. The van der Waals surface area contributed by atoms with Crippen molar-refractivity contribution in [3.8, 4) is 0 Å². The van der Waals surface area contributed by atoms with E-state index in [4.69, 9.17) is 5.11 Å². The number of furan rings is 1. The highest BCUT2D eigenvalue weighted by atomic mass is 32.2. The van der Waals surface area contributed by atoms with Gasteiger partial charge in [-0.2, -0.15) is 0 Å². The molecule has 0 aliphatic carbocycles. The molecule has 0 aromatic carbocycles. The smallest absolute Gasteiger partial charge is 0.371 e. The first-order chi connectivity index (χ1) is 7.74. The van der Waals surface area contributed by atoms with Crippen LogP contribution in [0.4, 0.5) is 8.78 Å². The summed E-state index contributed by atoms with van der Waals surface area (Å²) in [6.45, 7) is 0.179. The third-order valence-corrected chi connectivity index (χ3v) is 3.33. The van der Waals surface area contributed by atoms with Crippen molar-refractivity contribution in [3.63, 3.8) is 0 Å². The number of aryl methyl sites for hydroxylation is 1. The topological polar surface area (TPSA) is 96.6 Å². The number of sulfonamides is 1. The monoisotopic (exact) mass is 269 g/mol. The second kappa shape index (κ2) is 4.80. The van der Waals surface area contributed by atoms with Crippen molar-refractivity contribution < 1.29 is 31.5 Å². The van der Waals surface area contributed by atoms with Gasteiger partial charge >= 0.3 is 5.97 Å². The molecule has 17 heavy (non-hydrogen) atoms. The highest BCUT2D eigenvalue weighted by molar-refractivity contribution is 7.89. The summed E-state index contributed by atoms with van der Waals surface area (Å²) in [4.78, 5) is 10.1. The van der Waals surface area contributed by atoms with Crippen molar-refractivity contribution in [1.29, 1.82) is 0 Å². The second-order valence-corrected chi connectivity index (χ2v) is 4.81. The predicted molar refractivity (Wildman–Crippen MR) is 51.6 cm³/mol. The molecule has 0 radical (unpaired) electrons. The summed E-state index contributed by atoms with van der Waals surface area (Å²) >= 11 is 0. The number of carboxylic acids is 1. The minimum absolute atomic E-state index is 0.177. The van der Waals surface area contributed by atoms with Gasteiger partial charge in [0.2, 0.25) is 15.8 Å². The lowest BCUT2D eigenvalue weighted by Crippen LogP contribution is -2.28. The Balaban J connectivity index is 3.03. The molecule has 1 rings (SSSR count). The van der Waals surface area contributed by atoms with E-state index >= 15 is 0 Å². The normalized spacial score (nSPS) is 12.0. The predicted octanol–water partition coefficient (Wildman–Crippen LogP) is 0.830. The van der Waals surface area contributed by atoms with E-state index in [0.717, 1.165) is 6.07 Å². The summed E-state index contributed by atoms with van der Waals surface area (Å²) in [5.41, 5.74) is 0. The summed E-state index contributed by atoms with van der Waals surface area (Å²) in [6.07, 6.45) is -2.84. The molecule has 0 aliphatic rings. The Hall–Kier alpha value is -1.48. The SMILES string of the molecule is Cc1oc(C(=O)O)cc1S(=O)(=O)NCC(F)F. The standard InChI is InChI=1S/C8H9F2NO5S/c1-4-6(2-5(16-4)8(12)13)17(14,15)11-3-7(9)10/h2,7,11H,3H2,1H3,(H,12,13). The second-order valence-electron chi connectivity index (χ2n) is 3.08.